The lowest BCUT2D eigenvalue weighted by atomic mass is 9.63. The van der Waals surface area contributed by atoms with Crippen LogP contribution < -0.4 is 0 Å². The third kappa shape index (κ3) is 26.8. The van der Waals surface area contributed by atoms with Crippen LogP contribution in [-0.4, -0.2) is 0 Å². The molecule has 2 saturated carbocycles. The van der Waals surface area contributed by atoms with Crippen LogP contribution in [0.1, 0.15) is 355 Å². The van der Waals surface area contributed by atoms with Crippen LogP contribution in [0.4, 0.5) is 0 Å². The number of allylic oxidation sites excluding steroid dienone is 12. The van der Waals surface area contributed by atoms with Crippen LogP contribution in [-0.2, 0) is 0 Å². The highest BCUT2D eigenvalue weighted by atomic mass is 14.4. The predicted octanol–water partition coefficient (Wildman–Crippen LogP) is 27.4. The van der Waals surface area contributed by atoms with Crippen molar-refractivity contribution in [1.29, 1.82) is 0 Å². The molecule has 0 amide bonds. The summed E-state index contributed by atoms with van der Waals surface area (Å²) in [6.45, 7) is 37.9. The van der Waals surface area contributed by atoms with Crippen molar-refractivity contribution in [3.05, 3.63) is 69.9 Å². The minimum Gasteiger partial charge on any atom is -0.0850 e. The zero-order valence-electron chi connectivity index (χ0n) is 57.4. The zero-order valence-corrected chi connectivity index (χ0v) is 57.4. The largest absolute Gasteiger partial charge is 0.0850 e. The summed E-state index contributed by atoms with van der Waals surface area (Å²) in [7, 11) is 0. The van der Waals surface area contributed by atoms with Crippen molar-refractivity contribution in [3.63, 3.8) is 0 Å². The third-order valence-corrected chi connectivity index (χ3v) is 21.9. The molecule has 0 radical (unpaired) electrons. The molecule has 0 aliphatic heterocycles. The monoisotopic (exact) mass is 1110 g/mol. The van der Waals surface area contributed by atoms with Gasteiger partial charge in [-0.2, -0.15) is 0 Å². The van der Waals surface area contributed by atoms with Crippen LogP contribution in [0.15, 0.2) is 69.9 Å². The Balaban J connectivity index is 0.000000281. The van der Waals surface area contributed by atoms with Gasteiger partial charge in [-0.3, -0.25) is 0 Å². The first-order chi connectivity index (χ1) is 38.7. The first-order valence-corrected chi connectivity index (χ1v) is 36.9. The van der Waals surface area contributed by atoms with E-state index in [1.165, 1.54) is 244 Å². The fourth-order valence-electron chi connectivity index (χ4n) is 16.1. The fraction of sp³-hybridized carbons (Fsp3) is 0.850. The van der Waals surface area contributed by atoms with Gasteiger partial charge in [0.15, 0.2) is 0 Å². The summed E-state index contributed by atoms with van der Waals surface area (Å²) in [6.07, 6.45) is 68.7. The molecule has 464 valence electrons. The van der Waals surface area contributed by atoms with E-state index in [1.807, 2.05) is 11.1 Å². The first kappa shape index (κ1) is 72.7. The molecule has 80 heavy (non-hydrogen) atoms. The van der Waals surface area contributed by atoms with Gasteiger partial charge in [0.2, 0.25) is 0 Å². The maximum absolute atomic E-state index is 2.74. The van der Waals surface area contributed by atoms with E-state index in [0.29, 0.717) is 0 Å². The van der Waals surface area contributed by atoms with Crippen LogP contribution >= 0.6 is 0 Å². The number of unbranched alkanes of at least 4 members (excludes halogenated alkanes) is 14. The SMILES string of the molecule is CC/C=C1/CC(CCCCC)C(C)=CC1CCCCCC.CCCCC/C=C1/C=C(C)C(CCCCC)CC1CCC.CCCCC1CC2CC(C)C(C)C=C2CC1C.CCCCCC1C=C2CC(C)C(CCCC)CC2CC1C. The van der Waals surface area contributed by atoms with E-state index in [4.69, 9.17) is 0 Å². The Morgan fingerprint density at radius 2 is 0.900 bits per heavy atom. The van der Waals surface area contributed by atoms with Crippen molar-refractivity contribution in [2.45, 2.75) is 355 Å². The smallest absolute Gasteiger partial charge is 0.00204 e. The van der Waals surface area contributed by atoms with E-state index < -0.39 is 0 Å². The number of rotatable bonds is 30. The van der Waals surface area contributed by atoms with Crippen LogP contribution in [0.2, 0.25) is 0 Å². The molecule has 14 atom stereocenters. The predicted molar refractivity (Wildman–Crippen MR) is 364 cm³/mol. The average Bonchev–Trinajstić information content (AvgIpc) is 3.45. The van der Waals surface area contributed by atoms with E-state index in [2.05, 4.69) is 147 Å². The molecular weight excluding hydrogens is 961 g/mol. The van der Waals surface area contributed by atoms with Crippen molar-refractivity contribution in [1.82, 2.24) is 0 Å². The Bertz CT molecular complexity index is 1750. The van der Waals surface area contributed by atoms with Gasteiger partial charge in [0, 0.05) is 0 Å². The van der Waals surface area contributed by atoms with Gasteiger partial charge in [-0.15, -0.1) is 0 Å². The van der Waals surface area contributed by atoms with Crippen LogP contribution in [0, 0.1) is 82.9 Å². The van der Waals surface area contributed by atoms with Gasteiger partial charge in [-0.05, 0) is 205 Å². The number of hydrogen-bond donors (Lipinski definition) is 0. The Labute approximate surface area is 504 Å². The fourth-order valence-corrected chi connectivity index (χ4v) is 16.1. The lowest BCUT2D eigenvalue weighted by Gasteiger charge is -2.42. The normalized spacial score (nSPS) is 31.2. The molecule has 0 heterocycles. The molecule has 6 rings (SSSR count). The van der Waals surface area contributed by atoms with E-state index in [1.54, 1.807) is 22.3 Å². The lowest BCUT2D eigenvalue weighted by Crippen LogP contribution is -2.31. The number of fused-ring (bicyclic) bond motifs is 2. The molecule has 0 aromatic rings. The Kier molecular flexibility index (Phi) is 39.2. The standard InChI is InChI=1S/3C21H38.C17H30/c1-5-7-9-11-19-15-21-12-16(3)18(10-8-6-2)14-20(21)13-17(19)4;2*1-5-8-10-12-15-21-16-18(4)19(14-11-9-6-2)17-20(21)13-7-3;1-5-6-7-15-11-17-9-13(3)12(2)8-16(17)10-14(15)4/h15-20H,5-14H2,1-4H3;15-16,19-20H,5-14,17H2,1-4H3;13,16,19,21H,5-12,14-15,17H2,1-4H3;8,12-15,17H,5-7,9-11H2,1-4H3/b;21-15-;20-13-;. The minimum atomic E-state index is 0.754. The van der Waals surface area contributed by atoms with Crippen molar-refractivity contribution in [3.8, 4) is 0 Å². The molecule has 0 spiro atoms. The summed E-state index contributed by atoms with van der Waals surface area (Å²) in [5.74, 6) is 12.6. The molecule has 0 nitrogen and oxygen atoms in total. The Morgan fingerprint density at radius 1 is 0.388 bits per heavy atom. The topological polar surface area (TPSA) is 0 Å². The van der Waals surface area contributed by atoms with Crippen molar-refractivity contribution in [2.24, 2.45) is 82.9 Å². The summed E-state index contributed by atoms with van der Waals surface area (Å²) >= 11 is 0. The molecule has 6 aliphatic rings. The van der Waals surface area contributed by atoms with Crippen LogP contribution in [0.3, 0.4) is 0 Å². The molecule has 6 aliphatic carbocycles. The molecule has 14 unspecified atom stereocenters. The maximum atomic E-state index is 2.74. The van der Waals surface area contributed by atoms with E-state index in [-0.39, 0.29) is 0 Å². The Morgan fingerprint density at radius 3 is 1.46 bits per heavy atom. The molecule has 0 saturated heterocycles. The second-order valence-electron chi connectivity index (χ2n) is 28.9. The van der Waals surface area contributed by atoms with Crippen LogP contribution in [0.25, 0.3) is 0 Å². The maximum Gasteiger partial charge on any atom is -0.00204 e. The summed E-state index contributed by atoms with van der Waals surface area (Å²) < 4.78 is 0. The van der Waals surface area contributed by atoms with Gasteiger partial charge >= 0.3 is 0 Å². The summed E-state index contributed by atoms with van der Waals surface area (Å²) in [5, 5.41) is 0. The molecule has 0 N–H and O–H groups in total. The molecule has 0 heteroatoms. The van der Waals surface area contributed by atoms with Gasteiger partial charge in [0.05, 0.1) is 0 Å². The summed E-state index contributed by atoms with van der Waals surface area (Å²) in [5.41, 5.74) is 10.4. The minimum absolute atomic E-state index is 0.754. The average molecular weight is 1110 g/mol. The van der Waals surface area contributed by atoms with Gasteiger partial charge in [0.1, 0.15) is 0 Å². The van der Waals surface area contributed by atoms with Crippen molar-refractivity contribution < 1.29 is 0 Å². The molecule has 2 fully saturated rings. The first-order valence-electron chi connectivity index (χ1n) is 36.9. The van der Waals surface area contributed by atoms with Crippen molar-refractivity contribution >= 4 is 0 Å². The molecular formula is C80H144. The highest BCUT2D eigenvalue weighted by molar-refractivity contribution is 5.31. The zero-order chi connectivity index (χ0) is 58.7. The Hall–Kier alpha value is -1.56. The van der Waals surface area contributed by atoms with Crippen LogP contribution in [0.5, 0.6) is 0 Å². The van der Waals surface area contributed by atoms with Gasteiger partial charge in [-0.25, -0.2) is 0 Å². The lowest BCUT2D eigenvalue weighted by molar-refractivity contribution is 0.182. The highest BCUT2D eigenvalue weighted by Crippen LogP contribution is 2.49. The van der Waals surface area contributed by atoms with E-state index in [9.17, 15) is 0 Å². The molecule has 0 aromatic carbocycles. The van der Waals surface area contributed by atoms with E-state index in [0.717, 1.165) is 82.9 Å². The summed E-state index contributed by atoms with van der Waals surface area (Å²) in [6, 6.07) is 0. The summed E-state index contributed by atoms with van der Waals surface area (Å²) in [4.78, 5) is 0. The van der Waals surface area contributed by atoms with Crippen molar-refractivity contribution in [2.75, 3.05) is 0 Å². The second-order valence-corrected chi connectivity index (χ2v) is 28.9. The molecule has 0 aromatic heterocycles. The number of hydrogen-bond acceptors (Lipinski definition) is 0. The second kappa shape index (κ2) is 43.1. The third-order valence-electron chi connectivity index (χ3n) is 21.9. The molecule has 0 bridgehead atoms. The van der Waals surface area contributed by atoms with Gasteiger partial charge in [-0.1, -0.05) is 303 Å². The highest BCUT2D eigenvalue weighted by Gasteiger charge is 2.37. The van der Waals surface area contributed by atoms with Gasteiger partial charge < -0.3 is 0 Å². The van der Waals surface area contributed by atoms with Gasteiger partial charge in [0.25, 0.3) is 0 Å². The van der Waals surface area contributed by atoms with E-state index >= 15 is 0 Å². The quantitative estimate of drug-likeness (QED) is 0.0497.